The number of carbonyl (C=O) groups is 1. The van der Waals surface area contributed by atoms with E-state index in [4.69, 9.17) is 0 Å². The Morgan fingerprint density at radius 3 is 2.31 bits per heavy atom. The summed E-state index contributed by atoms with van der Waals surface area (Å²) in [4.78, 5) is 12.9. The molecule has 164 valence electrons. The molecule has 1 atom stereocenters. The van der Waals surface area contributed by atoms with Gasteiger partial charge in [-0.15, -0.1) is 10.2 Å². The normalized spacial score (nSPS) is 12.0. The third-order valence-electron chi connectivity index (χ3n) is 5.33. The maximum absolute atomic E-state index is 12.9. The van der Waals surface area contributed by atoms with Crippen molar-refractivity contribution in [2.45, 2.75) is 37.6 Å². The van der Waals surface area contributed by atoms with Crippen molar-refractivity contribution in [2.75, 3.05) is 5.32 Å². The van der Waals surface area contributed by atoms with E-state index < -0.39 is 0 Å². The predicted octanol–water partition coefficient (Wildman–Crippen LogP) is 4.33. The molecule has 32 heavy (non-hydrogen) atoms. The smallest absolute Gasteiger partial charge is 0.237 e. The summed E-state index contributed by atoms with van der Waals surface area (Å²) in [5.74, 6) is 0.734. The summed E-state index contributed by atoms with van der Waals surface area (Å²) >= 11 is 1.39. The lowest BCUT2D eigenvalue weighted by molar-refractivity contribution is -0.115. The van der Waals surface area contributed by atoms with Crippen molar-refractivity contribution in [2.24, 2.45) is 7.05 Å². The van der Waals surface area contributed by atoms with E-state index in [2.05, 4.69) is 32.7 Å². The first kappa shape index (κ1) is 21.8. The maximum Gasteiger partial charge on any atom is 0.237 e. The van der Waals surface area contributed by atoms with E-state index in [0.29, 0.717) is 11.6 Å². The van der Waals surface area contributed by atoms with Gasteiger partial charge in [0.1, 0.15) is 5.82 Å². The summed E-state index contributed by atoms with van der Waals surface area (Å²) in [5.41, 5.74) is 4.61. The van der Waals surface area contributed by atoms with Gasteiger partial charge in [0.05, 0.1) is 22.3 Å². The van der Waals surface area contributed by atoms with Gasteiger partial charge in [0.2, 0.25) is 5.91 Å². The SMILES string of the molecule is Cc1nn(C)c(C)c1NC(=O)C(C)Sc1nnc(Cc2ccccc2)n1-c1ccccc1. The molecule has 4 rings (SSSR count). The van der Waals surface area contributed by atoms with Gasteiger partial charge in [-0.2, -0.15) is 5.10 Å². The van der Waals surface area contributed by atoms with E-state index in [1.165, 1.54) is 11.8 Å². The first-order valence-electron chi connectivity index (χ1n) is 10.5. The number of hydrogen-bond donors (Lipinski definition) is 1. The lowest BCUT2D eigenvalue weighted by Gasteiger charge is -2.14. The Morgan fingerprint density at radius 2 is 1.69 bits per heavy atom. The molecule has 1 N–H and O–H groups in total. The molecule has 2 heterocycles. The summed E-state index contributed by atoms with van der Waals surface area (Å²) < 4.78 is 3.80. The summed E-state index contributed by atoms with van der Waals surface area (Å²) in [6, 6.07) is 20.2. The predicted molar refractivity (Wildman–Crippen MR) is 127 cm³/mol. The van der Waals surface area contributed by atoms with Crippen LogP contribution in [0.15, 0.2) is 65.8 Å². The van der Waals surface area contributed by atoms with Crippen LogP contribution in [0.4, 0.5) is 5.69 Å². The third-order valence-corrected chi connectivity index (χ3v) is 6.37. The molecule has 1 amide bonds. The van der Waals surface area contributed by atoms with Crippen LogP contribution in [0.2, 0.25) is 0 Å². The molecule has 0 fully saturated rings. The number of hydrogen-bond acceptors (Lipinski definition) is 5. The van der Waals surface area contributed by atoms with Crippen LogP contribution < -0.4 is 5.32 Å². The van der Waals surface area contributed by atoms with Gasteiger partial charge in [-0.05, 0) is 38.5 Å². The average Bonchev–Trinajstić information content (AvgIpc) is 3.29. The van der Waals surface area contributed by atoms with Gasteiger partial charge in [-0.25, -0.2) is 0 Å². The average molecular weight is 447 g/mol. The summed E-state index contributed by atoms with van der Waals surface area (Å²) in [5, 5.41) is 16.6. The molecular formula is C24H26N6OS. The lowest BCUT2D eigenvalue weighted by Crippen LogP contribution is -2.23. The molecule has 0 saturated carbocycles. The molecule has 0 aliphatic rings. The molecule has 1 unspecified atom stereocenters. The molecule has 4 aromatic rings. The zero-order valence-corrected chi connectivity index (χ0v) is 19.4. The Hall–Kier alpha value is -3.39. The highest BCUT2D eigenvalue weighted by molar-refractivity contribution is 8.00. The fourth-order valence-corrected chi connectivity index (χ4v) is 4.38. The van der Waals surface area contributed by atoms with Crippen LogP contribution in [0.25, 0.3) is 5.69 Å². The van der Waals surface area contributed by atoms with E-state index in [-0.39, 0.29) is 11.2 Å². The third kappa shape index (κ3) is 4.60. The number of carbonyl (C=O) groups excluding carboxylic acids is 1. The van der Waals surface area contributed by atoms with Gasteiger partial charge in [-0.3, -0.25) is 14.0 Å². The number of thioether (sulfide) groups is 1. The maximum atomic E-state index is 12.9. The minimum atomic E-state index is -0.370. The summed E-state index contributed by atoms with van der Waals surface area (Å²) in [6.45, 7) is 5.71. The number of nitrogens with one attached hydrogen (secondary N) is 1. The second-order valence-corrected chi connectivity index (χ2v) is 8.96. The molecule has 0 aliphatic carbocycles. The first-order chi connectivity index (χ1) is 15.4. The Labute approximate surface area is 191 Å². The second-order valence-electron chi connectivity index (χ2n) is 7.65. The fraction of sp³-hybridized carbons (Fsp3) is 0.250. The minimum absolute atomic E-state index is 0.0959. The molecule has 0 bridgehead atoms. The second kappa shape index (κ2) is 9.40. The van der Waals surface area contributed by atoms with Crippen LogP contribution in [-0.2, 0) is 18.3 Å². The van der Waals surface area contributed by atoms with Gasteiger partial charge in [0.15, 0.2) is 5.16 Å². The van der Waals surface area contributed by atoms with Crippen molar-refractivity contribution in [1.29, 1.82) is 0 Å². The number of amides is 1. The van der Waals surface area contributed by atoms with Crippen LogP contribution in [0.3, 0.4) is 0 Å². The minimum Gasteiger partial charge on any atom is -0.322 e. The van der Waals surface area contributed by atoms with Crippen LogP contribution in [0.5, 0.6) is 0 Å². The molecule has 0 aliphatic heterocycles. The van der Waals surface area contributed by atoms with Gasteiger partial charge < -0.3 is 5.32 Å². The first-order valence-corrected chi connectivity index (χ1v) is 11.3. The fourth-order valence-electron chi connectivity index (χ4n) is 3.50. The van der Waals surface area contributed by atoms with Gasteiger partial charge in [-0.1, -0.05) is 60.3 Å². The van der Waals surface area contributed by atoms with Gasteiger partial charge in [0.25, 0.3) is 0 Å². The van der Waals surface area contributed by atoms with Crippen molar-refractivity contribution in [3.63, 3.8) is 0 Å². The number of benzene rings is 2. The Kier molecular flexibility index (Phi) is 6.41. The summed E-state index contributed by atoms with van der Waals surface area (Å²) in [7, 11) is 1.87. The number of para-hydroxylation sites is 1. The van der Waals surface area contributed by atoms with Crippen molar-refractivity contribution < 1.29 is 4.79 Å². The van der Waals surface area contributed by atoms with E-state index in [1.807, 2.05) is 80.9 Å². The van der Waals surface area contributed by atoms with E-state index in [9.17, 15) is 4.79 Å². The number of nitrogens with zero attached hydrogens (tertiary/aromatic N) is 5. The zero-order chi connectivity index (χ0) is 22.7. The Bertz CT molecular complexity index is 1220. The zero-order valence-electron chi connectivity index (χ0n) is 18.6. The van der Waals surface area contributed by atoms with E-state index in [1.54, 1.807) is 4.68 Å². The molecule has 2 aromatic carbocycles. The topological polar surface area (TPSA) is 77.6 Å². The Morgan fingerprint density at radius 1 is 1.03 bits per heavy atom. The quantitative estimate of drug-likeness (QED) is 0.428. The van der Waals surface area contributed by atoms with E-state index >= 15 is 0 Å². The molecule has 0 saturated heterocycles. The highest BCUT2D eigenvalue weighted by Crippen LogP contribution is 2.28. The molecule has 8 heteroatoms. The largest absolute Gasteiger partial charge is 0.322 e. The van der Waals surface area contributed by atoms with Gasteiger partial charge in [0, 0.05) is 19.2 Å². The van der Waals surface area contributed by atoms with E-state index in [0.717, 1.165) is 34.2 Å². The molecule has 0 spiro atoms. The highest BCUT2D eigenvalue weighted by atomic mass is 32.2. The van der Waals surface area contributed by atoms with Crippen LogP contribution in [0, 0.1) is 13.8 Å². The molecule has 7 nitrogen and oxygen atoms in total. The van der Waals surface area contributed by atoms with Gasteiger partial charge >= 0.3 is 0 Å². The van der Waals surface area contributed by atoms with Crippen LogP contribution >= 0.6 is 11.8 Å². The van der Waals surface area contributed by atoms with Crippen molar-refractivity contribution in [3.8, 4) is 5.69 Å². The molecule has 0 radical (unpaired) electrons. The van der Waals surface area contributed by atoms with Crippen molar-refractivity contribution in [3.05, 3.63) is 83.4 Å². The molecular weight excluding hydrogens is 420 g/mol. The summed E-state index contributed by atoms with van der Waals surface area (Å²) in [6.07, 6.45) is 0.651. The standard InChI is InChI=1S/C24H26N6OS/c1-16-22(17(2)29(4)28-16)25-23(31)18(3)32-24-27-26-21(15-19-11-7-5-8-12-19)30(24)20-13-9-6-10-14-20/h5-14,18H,15H2,1-4H3,(H,25,31). The number of anilines is 1. The Balaban J connectivity index is 1.59. The van der Waals surface area contributed by atoms with Crippen LogP contribution in [-0.4, -0.2) is 35.7 Å². The highest BCUT2D eigenvalue weighted by Gasteiger charge is 2.23. The molecule has 2 aromatic heterocycles. The lowest BCUT2D eigenvalue weighted by atomic mass is 10.1. The number of aryl methyl sites for hydroxylation is 2. The van der Waals surface area contributed by atoms with Crippen molar-refractivity contribution in [1.82, 2.24) is 24.5 Å². The van der Waals surface area contributed by atoms with Crippen LogP contribution in [0.1, 0.15) is 29.7 Å². The monoisotopic (exact) mass is 446 g/mol. The number of aromatic nitrogens is 5. The van der Waals surface area contributed by atoms with Crippen molar-refractivity contribution >= 4 is 23.4 Å². The number of rotatable bonds is 7.